The Morgan fingerprint density at radius 2 is 1.52 bits per heavy atom. The highest BCUT2D eigenvalue weighted by molar-refractivity contribution is 5.87. The molecule has 1 heterocycles. The van der Waals surface area contributed by atoms with Crippen molar-refractivity contribution in [2.75, 3.05) is 17.2 Å². The van der Waals surface area contributed by atoms with Gasteiger partial charge in [0, 0.05) is 46.5 Å². The van der Waals surface area contributed by atoms with Crippen molar-refractivity contribution < 1.29 is 22.7 Å². The van der Waals surface area contributed by atoms with Crippen molar-refractivity contribution in [2.24, 2.45) is 0 Å². The number of nitrogens with one attached hydrogen (secondary N) is 3. The number of aromatic amines is 1. The molecule has 0 aliphatic heterocycles. The van der Waals surface area contributed by atoms with Gasteiger partial charge in [-0.15, -0.1) is 0 Å². The molecule has 1 aromatic heterocycles. The van der Waals surface area contributed by atoms with Gasteiger partial charge in [-0.2, -0.15) is 13.2 Å². The Labute approximate surface area is 278 Å². The SMILES string of the molecule is C=C(C)c1ccccc1C(=C)Nc1ccccc1OCC(F)(F)F.C=C(c1ccccc1C=O)C(C)Nc1ccc(-c2ncc[nH]2)cc1. The third-order valence-electron chi connectivity index (χ3n) is 7.27. The van der Waals surface area contributed by atoms with Crippen LogP contribution in [0.5, 0.6) is 5.75 Å². The number of para-hydroxylation sites is 2. The maximum atomic E-state index is 12.4. The number of rotatable bonds is 12. The van der Waals surface area contributed by atoms with Gasteiger partial charge >= 0.3 is 6.18 Å². The zero-order chi connectivity index (χ0) is 34.7. The number of anilines is 2. The molecular weight excluding hydrogens is 613 g/mol. The lowest BCUT2D eigenvalue weighted by Crippen LogP contribution is -2.19. The molecule has 4 aromatic carbocycles. The second-order valence-corrected chi connectivity index (χ2v) is 10.9. The highest BCUT2D eigenvalue weighted by Gasteiger charge is 2.28. The number of nitrogens with zero attached hydrogens (tertiary/aromatic N) is 1. The van der Waals surface area contributed by atoms with Gasteiger partial charge in [0.05, 0.1) is 5.69 Å². The van der Waals surface area contributed by atoms with Crippen LogP contribution in [0.15, 0.2) is 129 Å². The molecule has 0 aliphatic rings. The molecule has 3 N–H and O–H groups in total. The lowest BCUT2D eigenvalue weighted by atomic mass is 9.96. The molecule has 0 radical (unpaired) electrons. The summed E-state index contributed by atoms with van der Waals surface area (Å²) in [5.74, 6) is 0.961. The first kappa shape index (κ1) is 35.0. The minimum Gasteiger partial charge on any atom is -0.482 e. The van der Waals surface area contributed by atoms with Crippen LogP contribution in [-0.4, -0.2) is 35.1 Å². The van der Waals surface area contributed by atoms with E-state index in [1.54, 1.807) is 36.7 Å². The third kappa shape index (κ3) is 9.59. The maximum absolute atomic E-state index is 12.4. The van der Waals surface area contributed by atoms with Gasteiger partial charge in [-0.3, -0.25) is 4.79 Å². The van der Waals surface area contributed by atoms with Crippen molar-refractivity contribution in [1.29, 1.82) is 0 Å². The molecule has 0 bridgehead atoms. The van der Waals surface area contributed by atoms with E-state index in [1.807, 2.05) is 80.6 Å². The molecule has 1 atom stereocenters. The van der Waals surface area contributed by atoms with Crippen molar-refractivity contribution in [3.63, 3.8) is 0 Å². The lowest BCUT2D eigenvalue weighted by molar-refractivity contribution is -0.153. The summed E-state index contributed by atoms with van der Waals surface area (Å²) in [4.78, 5) is 18.5. The summed E-state index contributed by atoms with van der Waals surface area (Å²) in [6, 6.07) is 29.5. The molecule has 48 heavy (non-hydrogen) atoms. The number of alkyl halides is 3. The first-order valence-electron chi connectivity index (χ1n) is 15.1. The summed E-state index contributed by atoms with van der Waals surface area (Å²) >= 11 is 0. The maximum Gasteiger partial charge on any atom is 0.422 e. The van der Waals surface area contributed by atoms with Crippen LogP contribution in [0.25, 0.3) is 28.2 Å². The predicted molar refractivity (Wildman–Crippen MR) is 190 cm³/mol. The van der Waals surface area contributed by atoms with Crippen LogP contribution in [-0.2, 0) is 0 Å². The van der Waals surface area contributed by atoms with E-state index in [2.05, 4.69) is 40.3 Å². The number of carbonyl (C=O) groups is 1. The molecule has 0 saturated carbocycles. The van der Waals surface area contributed by atoms with Gasteiger partial charge in [0.2, 0.25) is 0 Å². The molecule has 0 amide bonds. The van der Waals surface area contributed by atoms with Crippen molar-refractivity contribution in [3.05, 3.63) is 151 Å². The van der Waals surface area contributed by atoms with Crippen LogP contribution in [0.2, 0.25) is 0 Å². The standard InChI is InChI=1S/C20H19N3O.C19H18F3NO/c1-14(19-6-4-3-5-17(19)13-24)15(2)23-18-9-7-16(8-10-18)20-21-11-12-22-20;1-13(2)15-8-4-5-9-16(15)14(3)23-17-10-6-7-11-18(17)24-12-19(20,21)22/h3-13,15,23H,1H2,2H3,(H,21,22);4-11,23H,1,3,12H2,2H3. The van der Waals surface area contributed by atoms with E-state index in [9.17, 15) is 18.0 Å². The number of aldehydes is 1. The summed E-state index contributed by atoms with van der Waals surface area (Å²) in [5, 5.41) is 6.45. The van der Waals surface area contributed by atoms with Crippen LogP contribution in [0, 0.1) is 0 Å². The number of ether oxygens (including phenoxy) is 1. The average molecular weight is 651 g/mol. The fraction of sp³-hybridized carbons (Fsp3) is 0.128. The summed E-state index contributed by atoms with van der Waals surface area (Å²) in [6.45, 7) is 14.6. The Morgan fingerprint density at radius 1 is 0.896 bits per heavy atom. The Morgan fingerprint density at radius 3 is 2.15 bits per heavy atom. The molecule has 246 valence electrons. The number of benzene rings is 4. The van der Waals surface area contributed by atoms with E-state index in [0.29, 0.717) is 16.9 Å². The zero-order valence-electron chi connectivity index (χ0n) is 26.8. The number of halogens is 3. The summed E-state index contributed by atoms with van der Waals surface area (Å²) in [7, 11) is 0. The molecule has 1 unspecified atom stereocenters. The molecule has 9 heteroatoms. The Kier molecular flexibility index (Phi) is 11.8. The van der Waals surface area contributed by atoms with Crippen LogP contribution in [0.3, 0.4) is 0 Å². The number of allylic oxidation sites excluding steroid dienone is 1. The van der Waals surface area contributed by atoms with Crippen LogP contribution < -0.4 is 15.4 Å². The highest BCUT2D eigenvalue weighted by atomic mass is 19.4. The number of aromatic nitrogens is 2. The number of H-pyrrole nitrogens is 1. The molecule has 6 nitrogen and oxygen atoms in total. The smallest absolute Gasteiger partial charge is 0.422 e. The Bertz CT molecular complexity index is 1860. The first-order valence-corrected chi connectivity index (χ1v) is 15.1. The molecule has 5 aromatic rings. The summed E-state index contributed by atoms with van der Waals surface area (Å²) in [6.07, 6.45) is 0.0120. The molecule has 0 saturated heterocycles. The molecule has 0 aliphatic carbocycles. The Balaban J connectivity index is 0.000000217. The van der Waals surface area contributed by atoms with Crippen LogP contribution >= 0.6 is 0 Å². The minimum atomic E-state index is -4.39. The number of carbonyl (C=O) groups excluding carboxylic acids is 1. The van der Waals surface area contributed by atoms with Gasteiger partial charge in [-0.05, 0) is 66.9 Å². The van der Waals surface area contributed by atoms with E-state index in [4.69, 9.17) is 4.74 Å². The quantitative estimate of drug-likeness (QED) is 0.117. The lowest BCUT2D eigenvalue weighted by Gasteiger charge is -2.19. The monoisotopic (exact) mass is 650 g/mol. The third-order valence-corrected chi connectivity index (χ3v) is 7.27. The average Bonchev–Trinajstić information content (AvgIpc) is 3.63. The normalized spacial score (nSPS) is 11.4. The predicted octanol–water partition coefficient (Wildman–Crippen LogP) is 10.1. The van der Waals surface area contributed by atoms with Crippen molar-refractivity contribution in [2.45, 2.75) is 26.1 Å². The van der Waals surface area contributed by atoms with E-state index < -0.39 is 12.8 Å². The van der Waals surface area contributed by atoms with Gasteiger partial charge in [-0.25, -0.2) is 4.98 Å². The van der Waals surface area contributed by atoms with Gasteiger partial charge in [-0.1, -0.05) is 86.0 Å². The highest BCUT2D eigenvalue weighted by Crippen LogP contribution is 2.31. The first-order chi connectivity index (χ1) is 23.0. The number of imidazole rings is 1. The van der Waals surface area contributed by atoms with Crippen LogP contribution in [0.1, 0.15) is 40.9 Å². The fourth-order valence-corrected chi connectivity index (χ4v) is 4.81. The second-order valence-electron chi connectivity index (χ2n) is 10.9. The summed E-state index contributed by atoms with van der Waals surface area (Å²) < 4.78 is 42.0. The van der Waals surface area contributed by atoms with E-state index in [1.165, 1.54) is 6.07 Å². The van der Waals surface area contributed by atoms with E-state index >= 15 is 0 Å². The second kappa shape index (κ2) is 16.1. The molecule has 0 fully saturated rings. The molecular formula is C39H37F3N4O2. The molecule has 0 spiro atoms. The Hall–Kier alpha value is -5.83. The largest absolute Gasteiger partial charge is 0.482 e. The number of hydrogen-bond donors (Lipinski definition) is 3. The van der Waals surface area contributed by atoms with Crippen molar-refractivity contribution in [1.82, 2.24) is 9.97 Å². The van der Waals surface area contributed by atoms with Gasteiger partial charge in [0.1, 0.15) is 11.6 Å². The topological polar surface area (TPSA) is 79.0 Å². The van der Waals surface area contributed by atoms with Gasteiger partial charge in [0.15, 0.2) is 12.9 Å². The molecule has 5 rings (SSSR count). The van der Waals surface area contributed by atoms with Crippen molar-refractivity contribution >= 4 is 34.5 Å². The fourth-order valence-electron chi connectivity index (χ4n) is 4.81. The zero-order valence-corrected chi connectivity index (χ0v) is 26.8. The van der Waals surface area contributed by atoms with Gasteiger partial charge < -0.3 is 20.4 Å². The van der Waals surface area contributed by atoms with Crippen LogP contribution in [0.4, 0.5) is 24.5 Å². The number of hydrogen-bond acceptors (Lipinski definition) is 5. The van der Waals surface area contributed by atoms with E-state index in [0.717, 1.165) is 51.2 Å². The minimum absolute atomic E-state index is 0.000521. The van der Waals surface area contributed by atoms with Gasteiger partial charge in [0.25, 0.3) is 0 Å². The van der Waals surface area contributed by atoms with E-state index in [-0.39, 0.29) is 11.8 Å². The van der Waals surface area contributed by atoms with Crippen molar-refractivity contribution in [3.8, 4) is 17.1 Å². The summed E-state index contributed by atoms with van der Waals surface area (Å²) in [5.41, 5.74) is 8.03.